The van der Waals surface area contributed by atoms with Crippen LogP contribution in [0.3, 0.4) is 0 Å². The first-order chi connectivity index (χ1) is 51.1. The van der Waals surface area contributed by atoms with Crippen LogP contribution in [-0.4, -0.2) is 0 Å². The Morgan fingerprint density at radius 2 is 0.443 bits per heavy atom. The Bertz CT molecular complexity index is 6050. The van der Waals surface area contributed by atoms with Gasteiger partial charge in [0.05, 0.1) is 0 Å². The predicted octanol–water partition coefficient (Wildman–Crippen LogP) is 30.5. The zero-order chi connectivity index (χ0) is 73.2. The maximum Gasteiger partial charge on any atom is -0.000764 e. The average molecular weight is 1370 g/mol. The standard InChI is InChI=1S/C70H68.C36H24/c1-67(2,3)53-35-31-49(32-36-53)58-42-56(70(10,11)12)43-61-59(58)44-62-63(50-27-23-47(24-28-50)45-19-15-13-16-20-45)60-41-55(69(7,8)9)39-40-57(60)64(52-33-37-54(38-34-52)68(4,5)6)66(62)65(61)51-29-25-48(26-30-51)46-21-17-14-18-22-46;1-2-10-25(11-3-1)27-18-21-28(22-19-27)35-31-14-6-8-16-33(31)36(34-17-9-7-15-32(34)35)30-23-20-26-12-4-5-13-29(26)24-30/h13-44H,1-12H3;1-24H. The van der Waals surface area contributed by atoms with Crippen molar-refractivity contribution in [2.45, 2.75) is 105 Å². The number of rotatable bonds is 9. The second-order valence-electron chi connectivity index (χ2n) is 33.2. The van der Waals surface area contributed by atoms with Gasteiger partial charge >= 0.3 is 0 Å². The Morgan fingerprint density at radius 3 is 0.877 bits per heavy atom. The lowest BCUT2D eigenvalue weighted by Crippen LogP contribution is -2.12. The van der Waals surface area contributed by atoms with Gasteiger partial charge in [0.1, 0.15) is 0 Å². The van der Waals surface area contributed by atoms with Gasteiger partial charge in [-0.1, -0.05) is 392 Å². The topological polar surface area (TPSA) is 0 Å². The Morgan fingerprint density at radius 1 is 0.151 bits per heavy atom. The fourth-order valence-electron chi connectivity index (χ4n) is 16.0. The highest BCUT2D eigenvalue weighted by molar-refractivity contribution is 6.30. The fourth-order valence-corrected chi connectivity index (χ4v) is 16.0. The largest absolute Gasteiger partial charge is 0.0622 e. The second kappa shape index (κ2) is 27.4. The van der Waals surface area contributed by atoms with E-state index in [2.05, 4.69) is 423 Å². The van der Waals surface area contributed by atoms with Crippen molar-refractivity contribution >= 4 is 64.6 Å². The molecule has 17 aromatic rings. The van der Waals surface area contributed by atoms with Gasteiger partial charge in [0.15, 0.2) is 0 Å². The third kappa shape index (κ3) is 13.2. The van der Waals surface area contributed by atoms with Gasteiger partial charge in [-0.25, -0.2) is 0 Å². The Hall–Kier alpha value is -11.7. The van der Waals surface area contributed by atoms with Gasteiger partial charge in [-0.2, -0.15) is 0 Å². The van der Waals surface area contributed by atoms with Crippen LogP contribution in [0.1, 0.15) is 105 Å². The number of benzene rings is 17. The maximum absolute atomic E-state index is 2.57. The average Bonchev–Trinajstić information content (AvgIpc) is 0.704. The molecule has 0 heterocycles. The minimum atomic E-state index is -0.109. The monoisotopic (exact) mass is 1360 g/mol. The van der Waals surface area contributed by atoms with E-state index in [1.54, 1.807) is 0 Å². The summed E-state index contributed by atoms with van der Waals surface area (Å²) < 4.78 is 0. The molecule has 516 valence electrons. The minimum Gasteiger partial charge on any atom is -0.0622 e. The highest BCUT2D eigenvalue weighted by Gasteiger charge is 2.28. The van der Waals surface area contributed by atoms with Gasteiger partial charge in [0, 0.05) is 0 Å². The van der Waals surface area contributed by atoms with Crippen LogP contribution in [0, 0.1) is 0 Å². The summed E-state index contributed by atoms with van der Waals surface area (Å²) in [6.07, 6.45) is 0. The van der Waals surface area contributed by atoms with E-state index < -0.39 is 0 Å². The van der Waals surface area contributed by atoms with E-state index in [1.165, 1.54) is 187 Å². The van der Waals surface area contributed by atoms with Gasteiger partial charge < -0.3 is 0 Å². The molecule has 0 amide bonds. The molecule has 0 atom stereocenters. The van der Waals surface area contributed by atoms with Crippen LogP contribution < -0.4 is 0 Å². The van der Waals surface area contributed by atoms with Crippen molar-refractivity contribution < 1.29 is 0 Å². The van der Waals surface area contributed by atoms with Crippen molar-refractivity contribution in [3.63, 3.8) is 0 Å². The van der Waals surface area contributed by atoms with Crippen molar-refractivity contribution in [3.05, 3.63) is 362 Å². The van der Waals surface area contributed by atoms with E-state index in [4.69, 9.17) is 0 Å². The van der Waals surface area contributed by atoms with Gasteiger partial charge in [-0.15, -0.1) is 0 Å². The van der Waals surface area contributed by atoms with Crippen molar-refractivity contribution in [3.8, 4) is 100 Å². The van der Waals surface area contributed by atoms with Crippen LogP contribution in [0.2, 0.25) is 0 Å². The lowest BCUT2D eigenvalue weighted by Gasteiger charge is -2.27. The van der Waals surface area contributed by atoms with Crippen LogP contribution in [0.4, 0.5) is 0 Å². The molecular formula is C106H92. The molecule has 106 heavy (non-hydrogen) atoms. The molecule has 0 saturated heterocycles. The van der Waals surface area contributed by atoms with E-state index in [0.717, 1.165) is 0 Å². The molecule has 0 aliphatic heterocycles. The Balaban J connectivity index is 0.000000199. The normalized spacial score (nSPS) is 12.2. The summed E-state index contributed by atoms with van der Waals surface area (Å²) in [6.45, 7) is 27.9. The molecule has 0 unspecified atom stereocenters. The predicted molar refractivity (Wildman–Crippen MR) is 462 cm³/mol. The second-order valence-corrected chi connectivity index (χ2v) is 33.2. The van der Waals surface area contributed by atoms with Crippen molar-refractivity contribution in [1.82, 2.24) is 0 Å². The highest BCUT2D eigenvalue weighted by Crippen LogP contribution is 2.53. The molecule has 0 saturated carbocycles. The molecule has 0 aromatic heterocycles. The van der Waals surface area contributed by atoms with E-state index in [1.807, 2.05) is 0 Å². The Labute approximate surface area is 627 Å². The van der Waals surface area contributed by atoms with E-state index >= 15 is 0 Å². The van der Waals surface area contributed by atoms with Gasteiger partial charge in [0.25, 0.3) is 0 Å². The molecule has 0 heteroatoms. The maximum atomic E-state index is 2.57. The first-order valence-electron chi connectivity index (χ1n) is 37.8. The smallest absolute Gasteiger partial charge is 0.000764 e. The molecule has 0 bridgehead atoms. The van der Waals surface area contributed by atoms with Crippen LogP contribution in [0.25, 0.3) is 165 Å². The fraction of sp³-hybridized carbons (Fsp3) is 0.151. The molecule has 17 aromatic carbocycles. The van der Waals surface area contributed by atoms with E-state index in [0.29, 0.717) is 0 Å². The Kier molecular flexibility index (Phi) is 17.8. The summed E-state index contributed by atoms with van der Waals surface area (Å²) in [5, 5.41) is 15.3. The van der Waals surface area contributed by atoms with Crippen LogP contribution in [-0.2, 0) is 21.7 Å². The van der Waals surface area contributed by atoms with Gasteiger partial charge in [0.2, 0.25) is 0 Å². The lowest BCUT2D eigenvalue weighted by atomic mass is 9.76. The zero-order valence-electron chi connectivity index (χ0n) is 63.3. The molecule has 0 aliphatic carbocycles. The number of fused-ring (bicyclic) bond motifs is 6. The number of hydrogen-bond donors (Lipinski definition) is 0. The quantitative estimate of drug-likeness (QED) is 0.126. The summed E-state index contributed by atoms with van der Waals surface area (Å²) in [5.74, 6) is 0. The van der Waals surface area contributed by atoms with Gasteiger partial charge in [-0.05, 0) is 239 Å². The molecule has 0 spiro atoms. The molecule has 0 nitrogen and oxygen atoms in total. The molecule has 0 radical (unpaired) electrons. The van der Waals surface area contributed by atoms with Crippen molar-refractivity contribution in [1.29, 1.82) is 0 Å². The molecule has 0 N–H and O–H groups in total. The van der Waals surface area contributed by atoms with E-state index in [-0.39, 0.29) is 21.7 Å². The minimum absolute atomic E-state index is 0.0206. The van der Waals surface area contributed by atoms with Gasteiger partial charge in [-0.3, -0.25) is 0 Å². The molecule has 0 fully saturated rings. The zero-order valence-corrected chi connectivity index (χ0v) is 63.3. The molecule has 0 aliphatic rings. The van der Waals surface area contributed by atoms with Crippen molar-refractivity contribution in [2.24, 2.45) is 0 Å². The summed E-state index contributed by atoms with van der Waals surface area (Å²) >= 11 is 0. The first kappa shape index (κ1) is 68.7. The molecule has 17 rings (SSSR count). The summed E-state index contributed by atoms with van der Waals surface area (Å²) in [5.41, 5.74) is 27.6. The number of hydrogen-bond acceptors (Lipinski definition) is 0. The van der Waals surface area contributed by atoms with Crippen LogP contribution >= 0.6 is 0 Å². The highest BCUT2D eigenvalue weighted by atomic mass is 14.3. The summed E-state index contributed by atoms with van der Waals surface area (Å²) in [7, 11) is 0. The summed E-state index contributed by atoms with van der Waals surface area (Å²) in [6, 6.07) is 127. The first-order valence-corrected chi connectivity index (χ1v) is 37.8. The third-order valence-corrected chi connectivity index (χ3v) is 22.0. The van der Waals surface area contributed by atoms with Crippen LogP contribution in [0.5, 0.6) is 0 Å². The lowest BCUT2D eigenvalue weighted by molar-refractivity contribution is 0.590. The van der Waals surface area contributed by atoms with Crippen LogP contribution in [0.15, 0.2) is 340 Å². The third-order valence-electron chi connectivity index (χ3n) is 22.0. The summed E-state index contributed by atoms with van der Waals surface area (Å²) in [4.78, 5) is 0. The van der Waals surface area contributed by atoms with Crippen molar-refractivity contribution in [2.75, 3.05) is 0 Å². The molecular weight excluding hydrogens is 1270 g/mol. The van der Waals surface area contributed by atoms with E-state index in [9.17, 15) is 0 Å². The SMILES string of the molecule is CC(C)(C)c1ccc(-c2cc(C(C)(C)C)cc3c(-c4ccc(-c5ccccc5)cc4)c4c(-c5ccc(C(C)(C)C)cc5)c5ccc(C(C)(C)C)cc5c(-c5ccc(-c6ccccc6)cc5)c4cc23)cc1.c1ccc(-c2ccc(-c3c4ccccc4c(-c4ccc5ccccc5c4)c4ccccc34)cc2)cc1.